The molecule has 0 bridgehead atoms. The number of benzene rings is 1. The summed E-state index contributed by atoms with van der Waals surface area (Å²) in [5.74, 6) is -0.656. The number of nitrogens with zero attached hydrogens (tertiary/aromatic N) is 2. The van der Waals surface area contributed by atoms with Gasteiger partial charge in [0.1, 0.15) is 11.6 Å². The van der Waals surface area contributed by atoms with Gasteiger partial charge in [-0.1, -0.05) is 11.6 Å². The van der Waals surface area contributed by atoms with Gasteiger partial charge < -0.3 is 14.2 Å². The Morgan fingerprint density at radius 3 is 2.91 bits per heavy atom. The van der Waals surface area contributed by atoms with Crippen LogP contribution in [0.3, 0.4) is 0 Å². The molecule has 0 unspecified atom stereocenters. The number of rotatable bonds is 6. The fraction of sp³-hybridized carbons (Fsp3) is 0.214. The van der Waals surface area contributed by atoms with Gasteiger partial charge in [0.2, 0.25) is 5.88 Å². The highest BCUT2D eigenvalue weighted by Gasteiger charge is 2.09. The molecule has 0 amide bonds. The molecule has 1 aromatic heterocycles. The number of hydrogen-bond acceptors (Lipinski definition) is 6. The van der Waals surface area contributed by atoms with E-state index in [0.717, 1.165) is 6.07 Å². The van der Waals surface area contributed by atoms with E-state index in [4.69, 9.17) is 25.8 Å². The van der Waals surface area contributed by atoms with E-state index in [0.29, 0.717) is 0 Å². The lowest BCUT2D eigenvalue weighted by molar-refractivity contribution is -0.145. The van der Waals surface area contributed by atoms with E-state index in [1.807, 2.05) is 0 Å². The minimum atomic E-state index is -0.509. The summed E-state index contributed by atoms with van der Waals surface area (Å²) in [4.78, 5) is 19.0. The van der Waals surface area contributed by atoms with Crippen LogP contribution in [0.2, 0.25) is 5.02 Å². The van der Waals surface area contributed by atoms with Crippen molar-refractivity contribution in [2.45, 2.75) is 6.92 Å². The van der Waals surface area contributed by atoms with Crippen LogP contribution < -0.4 is 9.47 Å². The zero-order valence-electron chi connectivity index (χ0n) is 11.6. The molecule has 0 atom stereocenters. The first kappa shape index (κ1) is 16.0. The molecule has 0 spiro atoms. The van der Waals surface area contributed by atoms with Crippen molar-refractivity contribution < 1.29 is 23.4 Å². The molecular weight excluding hydrogens is 315 g/mol. The molecule has 2 rings (SSSR count). The van der Waals surface area contributed by atoms with Crippen LogP contribution in [-0.2, 0) is 9.53 Å². The molecule has 0 aliphatic carbocycles. The van der Waals surface area contributed by atoms with Gasteiger partial charge in [-0.3, -0.25) is 0 Å². The average Bonchev–Trinajstić information content (AvgIpc) is 2.49. The third-order valence-electron chi connectivity index (χ3n) is 2.35. The zero-order valence-corrected chi connectivity index (χ0v) is 12.3. The Balaban J connectivity index is 2.03. The normalized spacial score (nSPS) is 10.1. The fourth-order valence-electron chi connectivity index (χ4n) is 1.45. The molecule has 0 aliphatic heterocycles. The number of hydrogen-bond donors (Lipinski definition) is 0. The van der Waals surface area contributed by atoms with Crippen LogP contribution in [0.25, 0.3) is 0 Å². The maximum absolute atomic E-state index is 13.0. The van der Waals surface area contributed by atoms with Crippen molar-refractivity contribution in [1.29, 1.82) is 0 Å². The quantitative estimate of drug-likeness (QED) is 0.760. The van der Waals surface area contributed by atoms with Gasteiger partial charge in [0.25, 0.3) is 0 Å². The van der Waals surface area contributed by atoms with Gasteiger partial charge in [-0.25, -0.2) is 14.2 Å². The Kier molecular flexibility index (Phi) is 5.48. The minimum absolute atomic E-state index is 0.0464. The first-order valence-electron chi connectivity index (χ1n) is 6.33. The van der Waals surface area contributed by atoms with Crippen molar-refractivity contribution in [3.8, 4) is 17.6 Å². The van der Waals surface area contributed by atoms with E-state index in [1.54, 1.807) is 6.92 Å². The molecular formula is C14H12ClFN2O4. The maximum Gasteiger partial charge on any atom is 0.344 e. The number of halogens is 2. The van der Waals surface area contributed by atoms with Crippen LogP contribution in [-0.4, -0.2) is 29.2 Å². The number of aromatic nitrogens is 2. The summed E-state index contributed by atoms with van der Waals surface area (Å²) in [6.45, 7) is 1.69. The topological polar surface area (TPSA) is 70.5 Å². The van der Waals surface area contributed by atoms with Crippen molar-refractivity contribution in [3.63, 3.8) is 0 Å². The summed E-state index contributed by atoms with van der Waals surface area (Å²) in [5.41, 5.74) is 0. The van der Waals surface area contributed by atoms with Gasteiger partial charge in [-0.05, 0) is 25.1 Å². The van der Waals surface area contributed by atoms with Crippen molar-refractivity contribution in [3.05, 3.63) is 41.3 Å². The van der Waals surface area contributed by atoms with Crippen LogP contribution in [0.5, 0.6) is 17.6 Å². The second kappa shape index (κ2) is 7.56. The highest BCUT2D eigenvalue weighted by molar-refractivity contribution is 6.32. The Hall–Kier alpha value is -2.41. The molecule has 0 aliphatic rings. The van der Waals surface area contributed by atoms with Crippen molar-refractivity contribution >= 4 is 17.6 Å². The van der Waals surface area contributed by atoms with Crippen LogP contribution in [0.4, 0.5) is 4.39 Å². The van der Waals surface area contributed by atoms with E-state index in [1.165, 1.54) is 24.4 Å². The molecule has 22 heavy (non-hydrogen) atoms. The van der Waals surface area contributed by atoms with E-state index in [-0.39, 0.29) is 35.9 Å². The standard InChI is InChI=1S/C14H12ClFN2O4/c1-2-20-13(19)8-21-12-5-6-17-14(18-12)22-11-4-3-9(16)7-10(11)15/h3-7H,2,8H2,1H3. The van der Waals surface area contributed by atoms with E-state index in [9.17, 15) is 9.18 Å². The number of esters is 1. The summed E-state index contributed by atoms with van der Waals surface area (Å²) >= 11 is 5.84. The summed E-state index contributed by atoms with van der Waals surface area (Å²) in [5, 5.41) is 0.0847. The molecule has 2 aromatic rings. The highest BCUT2D eigenvalue weighted by atomic mass is 35.5. The Bertz CT molecular complexity index is 669. The maximum atomic E-state index is 13.0. The molecule has 0 saturated carbocycles. The molecule has 116 valence electrons. The van der Waals surface area contributed by atoms with Crippen LogP contribution >= 0.6 is 11.6 Å². The Morgan fingerprint density at radius 1 is 1.36 bits per heavy atom. The van der Waals surface area contributed by atoms with E-state index in [2.05, 4.69) is 9.97 Å². The summed E-state index contributed by atoms with van der Waals surface area (Å²) in [7, 11) is 0. The lowest BCUT2D eigenvalue weighted by Crippen LogP contribution is -2.15. The van der Waals surface area contributed by atoms with Crippen LogP contribution in [0, 0.1) is 5.82 Å². The molecule has 6 nitrogen and oxygen atoms in total. The first-order chi connectivity index (χ1) is 10.6. The first-order valence-corrected chi connectivity index (χ1v) is 6.70. The Morgan fingerprint density at radius 2 is 2.18 bits per heavy atom. The third kappa shape index (κ3) is 4.56. The lowest BCUT2D eigenvalue weighted by Gasteiger charge is -2.08. The SMILES string of the molecule is CCOC(=O)COc1ccnc(Oc2ccc(F)cc2Cl)n1. The van der Waals surface area contributed by atoms with Gasteiger partial charge in [-0.15, -0.1) is 0 Å². The predicted octanol–water partition coefficient (Wildman–Crippen LogP) is 3.00. The molecule has 0 fully saturated rings. The van der Waals surface area contributed by atoms with Gasteiger partial charge in [0.15, 0.2) is 6.61 Å². The summed E-state index contributed by atoms with van der Waals surface area (Å²) in [6, 6.07) is 5.07. The van der Waals surface area contributed by atoms with Gasteiger partial charge in [-0.2, -0.15) is 4.98 Å². The number of carbonyl (C=O) groups excluding carboxylic acids is 1. The smallest absolute Gasteiger partial charge is 0.344 e. The molecule has 1 heterocycles. The fourth-order valence-corrected chi connectivity index (χ4v) is 1.65. The summed E-state index contributed by atoms with van der Waals surface area (Å²) in [6.07, 6.45) is 1.39. The van der Waals surface area contributed by atoms with Crippen LogP contribution in [0.15, 0.2) is 30.5 Å². The Labute approximate surface area is 130 Å². The molecule has 1 aromatic carbocycles. The number of ether oxygens (including phenoxy) is 3. The lowest BCUT2D eigenvalue weighted by atomic mass is 10.3. The molecule has 0 N–H and O–H groups in total. The van der Waals surface area contributed by atoms with Gasteiger partial charge >= 0.3 is 12.0 Å². The zero-order chi connectivity index (χ0) is 15.9. The van der Waals surface area contributed by atoms with Gasteiger partial charge in [0, 0.05) is 12.3 Å². The third-order valence-corrected chi connectivity index (χ3v) is 2.64. The van der Waals surface area contributed by atoms with Crippen LogP contribution in [0.1, 0.15) is 6.92 Å². The second-order valence-corrected chi connectivity index (χ2v) is 4.36. The molecule has 8 heteroatoms. The van der Waals surface area contributed by atoms with Gasteiger partial charge in [0.05, 0.1) is 11.6 Å². The van der Waals surface area contributed by atoms with E-state index >= 15 is 0 Å². The minimum Gasteiger partial charge on any atom is -0.465 e. The summed E-state index contributed by atoms with van der Waals surface area (Å²) < 4.78 is 28.2. The predicted molar refractivity (Wildman–Crippen MR) is 75.6 cm³/mol. The van der Waals surface area contributed by atoms with Crippen molar-refractivity contribution in [2.24, 2.45) is 0 Å². The largest absolute Gasteiger partial charge is 0.465 e. The average molecular weight is 327 g/mol. The molecule has 0 radical (unpaired) electrons. The van der Waals surface area contributed by atoms with Crippen molar-refractivity contribution in [1.82, 2.24) is 9.97 Å². The molecule has 0 saturated heterocycles. The van der Waals surface area contributed by atoms with Crippen molar-refractivity contribution in [2.75, 3.05) is 13.2 Å². The highest BCUT2D eigenvalue weighted by Crippen LogP contribution is 2.28. The van der Waals surface area contributed by atoms with E-state index < -0.39 is 11.8 Å². The monoisotopic (exact) mass is 326 g/mol. The second-order valence-electron chi connectivity index (χ2n) is 3.95. The number of carbonyl (C=O) groups is 1.